The Morgan fingerprint density at radius 1 is 1.14 bits per heavy atom. The van der Waals surface area contributed by atoms with E-state index in [-0.39, 0.29) is 24.7 Å². The number of nitrogens with one attached hydrogen (secondary N) is 2. The number of fused-ring (bicyclic) bond motifs is 3. The van der Waals surface area contributed by atoms with Crippen LogP contribution in [0.2, 0.25) is 0 Å². The first-order chi connectivity index (χ1) is 17.0. The van der Waals surface area contributed by atoms with Crippen LogP contribution in [0.1, 0.15) is 50.3 Å². The molecule has 2 N–H and O–H groups in total. The standard InChI is InChI=1S/C24H29N5O7/c1-5-17-21-16(15-9-6-7-10-19(15)28(21)23(32)35-24(2,3)4)13-18(27-17)22(31)26-12-8-11-25-14-20(30)36-29(33)34/h6-7,9-10,13,25H,5,8,11-12,14H2,1-4H3,(H,26,31). The molecule has 2 heterocycles. The molecule has 0 aliphatic heterocycles. The fourth-order valence-corrected chi connectivity index (χ4v) is 3.73. The van der Waals surface area contributed by atoms with Gasteiger partial charge < -0.3 is 15.4 Å². The molecule has 0 radical (unpaired) electrons. The summed E-state index contributed by atoms with van der Waals surface area (Å²) in [6.07, 6.45) is 0.441. The molecule has 1 amide bonds. The maximum atomic E-state index is 13.1. The Balaban J connectivity index is 1.80. The maximum Gasteiger partial charge on any atom is 0.419 e. The molecule has 0 atom stereocenters. The smallest absolute Gasteiger partial charge is 0.419 e. The second-order valence-electron chi connectivity index (χ2n) is 9.01. The van der Waals surface area contributed by atoms with E-state index in [2.05, 4.69) is 20.5 Å². The Kier molecular flexibility index (Phi) is 8.20. The second kappa shape index (κ2) is 11.1. The second-order valence-corrected chi connectivity index (χ2v) is 9.01. The van der Waals surface area contributed by atoms with Gasteiger partial charge in [-0.2, -0.15) is 0 Å². The minimum absolute atomic E-state index is 0.217. The molecule has 1 aromatic carbocycles. The number of para-hydroxylation sites is 1. The third-order valence-electron chi connectivity index (χ3n) is 5.13. The van der Waals surface area contributed by atoms with Crippen LogP contribution < -0.4 is 10.6 Å². The molecule has 0 aliphatic rings. The largest absolute Gasteiger partial charge is 0.443 e. The van der Waals surface area contributed by atoms with Crippen LogP contribution in [-0.4, -0.2) is 57.8 Å². The van der Waals surface area contributed by atoms with Gasteiger partial charge in [-0.1, -0.05) is 25.1 Å². The third-order valence-corrected chi connectivity index (χ3v) is 5.13. The molecule has 12 heteroatoms. The van der Waals surface area contributed by atoms with Crippen LogP contribution in [-0.2, 0) is 20.8 Å². The number of aromatic nitrogens is 2. The molecule has 3 rings (SSSR count). The molecule has 0 saturated carbocycles. The fourth-order valence-electron chi connectivity index (χ4n) is 3.73. The summed E-state index contributed by atoms with van der Waals surface area (Å²) in [5, 5.41) is 15.9. The number of nitrogens with zero attached hydrogens (tertiary/aromatic N) is 3. The molecule has 0 bridgehead atoms. The number of hydrogen-bond acceptors (Lipinski definition) is 9. The Morgan fingerprint density at radius 2 is 1.86 bits per heavy atom. The van der Waals surface area contributed by atoms with Gasteiger partial charge in [0.25, 0.3) is 5.91 Å². The highest BCUT2D eigenvalue weighted by atomic mass is 17.0. The van der Waals surface area contributed by atoms with Crippen LogP contribution in [0.5, 0.6) is 0 Å². The van der Waals surface area contributed by atoms with E-state index < -0.39 is 22.8 Å². The van der Waals surface area contributed by atoms with Gasteiger partial charge in [-0.3, -0.25) is 9.59 Å². The Labute approximate surface area is 207 Å². The zero-order valence-corrected chi connectivity index (χ0v) is 20.6. The highest BCUT2D eigenvalue weighted by Gasteiger charge is 2.25. The quantitative estimate of drug-likeness (QED) is 0.257. The number of carbonyl (C=O) groups is 3. The van der Waals surface area contributed by atoms with E-state index in [4.69, 9.17) is 4.74 Å². The van der Waals surface area contributed by atoms with Gasteiger partial charge in [0.15, 0.2) is 0 Å². The summed E-state index contributed by atoms with van der Waals surface area (Å²) in [5.74, 6) is -1.38. The van der Waals surface area contributed by atoms with E-state index >= 15 is 0 Å². The van der Waals surface area contributed by atoms with Gasteiger partial charge in [-0.05, 0) is 52.3 Å². The van der Waals surface area contributed by atoms with Gasteiger partial charge in [0.2, 0.25) is 0 Å². The van der Waals surface area contributed by atoms with Crippen molar-refractivity contribution in [3.63, 3.8) is 0 Å². The molecule has 0 aliphatic carbocycles. The summed E-state index contributed by atoms with van der Waals surface area (Å²) < 4.78 is 7.16. The lowest BCUT2D eigenvalue weighted by molar-refractivity contribution is -0.729. The summed E-state index contributed by atoms with van der Waals surface area (Å²) >= 11 is 0. The Morgan fingerprint density at radius 3 is 2.53 bits per heavy atom. The number of rotatable bonds is 9. The molecule has 2 aromatic heterocycles. The molecule has 192 valence electrons. The lowest BCUT2D eigenvalue weighted by Gasteiger charge is -2.20. The minimum atomic E-state index is -1.16. The highest BCUT2D eigenvalue weighted by molar-refractivity contribution is 6.14. The van der Waals surface area contributed by atoms with Crippen LogP contribution in [0.15, 0.2) is 30.3 Å². The van der Waals surface area contributed by atoms with Gasteiger partial charge >= 0.3 is 17.1 Å². The van der Waals surface area contributed by atoms with Crippen molar-refractivity contribution in [2.45, 2.75) is 46.1 Å². The summed E-state index contributed by atoms with van der Waals surface area (Å²) in [7, 11) is 0. The topological polar surface area (TPSA) is 155 Å². The van der Waals surface area contributed by atoms with Crippen molar-refractivity contribution in [3.8, 4) is 0 Å². The zero-order valence-electron chi connectivity index (χ0n) is 20.6. The van der Waals surface area contributed by atoms with Crippen molar-refractivity contribution < 1.29 is 29.0 Å². The molecule has 0 spiro atoms. The molecular formula is C24H29N5O7. The van der Waals surface area contributed by atoms with E-state index in [0.29, 0.717) is 36.1 Å². The normalized spacial score (nSPS) is 11.4. The number of amides is 1. The number of ether oxygens (including phenoxy) is 1. The van der Waals surface area contributed by atoms with Crippen molar-refractivity contribution in [1.29, 1.82) is 0 Å². The van der Waals surface area contributed by atoms with Crippen LogP contribution in [0.3, 0.4) is 0 Å². The van der Waals surface area contributed by atoms with Gasteiger partial charge in [0.05, 0.1) is 23.3 Å². The molecule has 36 heavy (non-hydrogen) atoms. The average molecular weight is 500 g/mol. The molecule has 3 aromatic rings. The Hall–Kier alpha value is -4.06. The first-order valence-electron chi connectivity index (χ1n) is 11.5. The van der Waals surface area contributed by atoms with E-state index in [9.17, 15) is 24.5 Å². The van der Waals surface area contributed by atoms with Gasteiger partial charge in [0.1, 0.15) is 11.3 Å². The van der Waals surface area contributed by atoms with Crippen LogP contribution in [0.4, 0.5) is 4.79 Å². The van der Waals surface area contributed by atoms with E-state index in [1.807, 2.05) is 31.2 Å². The number of carbonyl (C=O) groups excluding carboxylic acids is 3. The molecule has 0 fully saturated rings. The first-order valence-corrected chi connectivity index (χ1v) is 11.5. The maximum absolute atomic E-state index is 13.1. The third kappa shape index (κ3) is 6.33. The summed E-state index contributed by atoms with van der Waals surface area (Å²) in [5.41, 5.74) is 1.39. The predicted octanol–water partition coefficient (Wildman–Crippen LogP) is 2.98. The SMILES string of the molecule is CCc1nc(C(=O)NCCCNCC(=O)O[N+](=O)[O-])cc2c3ccccc3n(C(=O)OC(C)(C)C)c12. The highest BCUT2D eigenvalue weighted by Crippen LogP contribution is 2.32. The number of pyridine rings is 1. The van der Waals surface area contributed by atoms with Crippen molar-refractivity contribution >= 4 is 39.8 Å². The van der Waals surface area contributed by atoms with E-state index in [1.165, 1.54) is 4.57 Å². The van der Waals surface area contributed by atoms with Crippen LogP contribution in [0.25, 0.3) is 21.8 Å². The predicted molar refractivity (Wildman–Crippen MR) is 131 cm³/mol. The lowest BCUT2D eigenvalue weighted by Crippen LogP contribution is -2.31. The number of benzene rings is 1. The van der Waals surface area contributed by atoms with Crippen LogP contribution >= 0.6 is 0 Å². The summed E-state index contributed by atoms with van der Waals surface area (Å²) in [6, 6.07) is 9.07. The molecular weight excluding hydrogens is 470 g/mol. The monoisotopic (exact) mass is 499 g/mol. The minimum Gasteiger partial charge on any atom is -0.443 e. The molecule has 0 saturated heterocycles. The summed E-state index contributed by atoms with van der Waals surface area (Å²) in [6.45, 7) is 7.61. The fraction of sp³-hybridized carbons (Fsp3) is 0.417. The molecule has 0 unspecified atom stereocenters. The average Bonchev–Trinajstić information content (AvgIpc) is 3.13. The Bertz CT molecular complexity index is 1310. The van der Waals surface area contributed by atoms with Gasteiger partial charge in [0, 0.05) is 17.3 Å². The van der Waals surface area contributed by atoms with Gasteiger partial charge in [-0.15, -0.1) is 10.1 Å². The van der Waals surface area contributed by atoms with Crippen molar-refractivity contribution in [2.24, 2.45) is 0 Å². The van der Waals surface area contributed by atoms with Crippen molar-refractivity contribution in [2.75, 3.05) is 19.6 Å². The number of hydrogen-bond donors (Lipinski definition) is 2. The van der Waals surface area contributed by atoms with E-state index in [1.54, 1.807) is 26.8 Å². The summed E-state index contributed by atoms with van der Waals surface area (Å²) in [4.78, 5) is 55.5. The van der Waals surface area contributed by atoms with Gasteiger partial charge in [-0.25, -0.2) is 19.2 Å². The van der Waals surface area contributed by atoms with Crippen LogP contribution in [0, 0.1) is 10.1 Å². The lowest BCUT2D eigenvalue weighted by atomic mass is 10.1. The number of aryl methyl sites for hydroxylation is 1. The first kappa shape index (κ1) is 26.5. The zero-order chi connectivity index (χ0) is 26.5. The van der Waals surface area contributed by atoms with Crippen molar-refractivity contribution in [1.82, 2.24) is 20.2 Å². The van der Waals surface area contributed by atoms with E-state index in [0.717, 1.165) is 10.8 Å². The van der Waals surface area contributed by atoms with Crippen molar-refractivity contribution in [3.05, 3.63) is 51.8 Å². The molecule has 12 nitrogen and oxygen atoms in total.